The number of nitrogens with zero attached hydrogens (tertiary/aromatic N) is 3. The number of hydrogen-bond donors (Lipinski definition) is 1. The Kier molecular flexibility index (Phi) is 4.63. The molecular weight excluding hydrogens is 344 g/mol. The van der Waals surface area contributed by atoms with Gasteiger partial charge in [-0.15, -0.1) is 0 Å². The molecular formula is C20H26N4O3. The predicted molar refractivity (Wildman–Crippen MR) is 100 cm³/mol. The minimum Gasteiger partial charge on any atom is -0.338 e. The molecule has 0 aromatic heterocycles. The van der Waals surface area contributed by atoms with Gasteiger partial charge in [-0.1, -0.05) is 18.2 Å². The van der Waals surface area contributed by atoms with Gasteiger partial charge in [-0.3, -0.25) is 14.5 Å². The smallest absolute Gasteiger partial charge is 0.325 e. The number of carbonyl (C=O) groups excluding carboxylic acids is 3. The summed E-state index contributed by atoms with van der Waals surface area (Å²) >= 11 is 0. The summed E-state index contributed by atoms with van der Waals surface area (Å²) in [5.41, 5.74) is -0.0446. The van der Waals surface area contributed by atoms with Crippen molar-refractivity contribution >= 4 is 17.8 Å². The number of carbonyl (C=O) groups is 3. The maximum atomic E-state index is 13.1. The third-order valence-electron chi connectivity index (χ3n) is 6.17. The van der Waals surface area contributed by atoms with Gasteiger partial charge in [0.1, 0.15) is 5.54 Å². The first kappa shape index (κ1) is 18.0. The van der Waals surface area contributed by atoms with E-state index in [0.717, 1.165) is 13.1 Å². The highest BCUT2D eigenvalue weighted by Crippen LogP contribution is 2.32. The van der Waals surface area contributed by atoms with Gasteiger partial charge in [0.2, 0.25) is 0 Å². The van der Waals surface area contributed by atoms with E-state index in [4.69, 9.17) is 0 Å². The SMILES string of the molecule is CN1CCC2(CC1)NC(=O)N(C1CCN(C(=O)c3ccccc3)CC1)C2=O. The number of hydrogen-bond acceptors (Lipinski definition) is 4. The zero-order valence-corrected chi connectivity index (χ0v) is 15.7. The van der Waals surface area contributed by atoms with Crippen molar-refractivity contribution in [3.8, 4) is 0 Å². The van der Waals surface area contributed by atoms with E-state index < -0.39 is 5.54 Å². The van der Waals surface area contributed by atoms with E-state index in [-0.39, 0.29) is 23.9 Å². The van der Waals surface area contributed by atoms with E-state index in [1.165, 1.54) is 4.90 Å². The number of piperidine rings is 2. The lowest BCUT2D eigenvalue weighted by Gasteiger charge is -2.37. The summed E-state index contributed by atoms with van der Waals surface area (Å²) in [6.45, 7) is 2.74. The van der Waals surface area contributed by atoms with E-state index >= 15 is 0 Å². The molecule has 0 saturated carbocycles. The van der Waals surface area contributed by atoms with E-state index in [2.05, 4.69) is 10.2 Å². The normalized spacial score (nSPS) is 23.7. The molecule has 27 heavy (non-hydrogen) atoms. The van der Waals surface area contributed by atoms with Gasteiger partial charge in [-0.25, -0.2) is 4.79 Å². The van der Waals surface area contributed by atoms with Gasteiger partial charge in [0.15, 0.2) is 0 Å². The van der Waals surface area contributed by atoms with Crippen molar-refractivity contribution in [2.45, 2.75) is 37.3 Å². The molecule has 3 aliphatic rings. The number of nitrogens with one attached hydrogen (secondary N) is 1. The molecule has 144 valence electrons. The number of likely N-dealkylation sites (tertiary alicyclic amines) is 2. The lowest BCUT2D eigenvalue weighted by atomic mass is 9.87. The number of rotatable bonds is 2. The molecule has 7 heteroatoms. The Morgan fingerprint density at radius 2 is 1.67 bits per heavy atom. The van der Waals surface area contributed by atoms with Gasteiger partial charge in [-0.2, -0.15) is 0 Å². The van der Waals surface area contributed by atoms with Gasteiger partial charge in [-0.05, 0) is 44.9 Å². The van der Waals surface area contributed by atoms with Gasteiger partial charge in [0, 0.05) is 37.8 Å². The lowest BCUT2D eigenvalue weighted by molar-refractivity contribution is -0.135. The first-order valence-electron chi connectivity index (χ1n) is 9.69. The summed E-state index contributed by atoms with van der Waals surface area (Å²) in [5, 5.41) is 2.98. The van der Waals surface area contributed by atoms with Crippen LogP contribution in [0.4, 0.5) is 4.79 Å². The fourth-order valence-electron chi connectivity index (χ4n) is 4.40. The molecule has 1 spiro atoms. The molecule has 1 N–H and O–H groups in total. The van der Waals surface area contributed by atoms with Crippen molar-refractivity contribution < 1.29 is 14.4 Å². The summed E-state index contributed by atoms with van der Waals surface area (Å²) < 4.78 is 0. The monoisotopic (exact) mass is 370 g/mol. The summed E-state index contributed by atoms with van der Waals surface area (Å²) in [6, 6.07) is 8.83. The minimum atomic E-state index is -0.722. The van der Waals surface area contributed by atoms with Crippen molar-refractivity contribution in [1.82, 2.24) is 20.0 Å². The quantitative estimate of drug-likeness (QED) is 0.797. The first-order chi connectivity index (χ1) is 13.0. The highest BCUT2D eigenvalue weighted by Gasteiger charge is 2.54. The van der Waals surface area contributed by atoms with Gasteiger partial charge in [0.25, 0.3) is 11.8 Å². The molecule has 3 heterocycles. The Balaban J connectivity index is 1.40. The van der Waals surface area contributed by atoms with Crippen molar-refractivity contribution in [1.29, 1.82) is 0 Å². The molecule has 7 nitrogen and oxygen atoms in total. The Morgan fingerprint density at radius 1 is 1.04 bits per heavy atom. The molecule has 3 aliphatic heterocycles. The zero-order chi connectivity index (χ0) is 19.0. The maximum absolute atomic E-state index is 13.1. The maximum Gasteiger partial charge on any atom is 0.325 e. The van der Waals surface area contributed by atoms with Crippen LogP contribution in [0.3, 0.4) is 0 Å². The van der Waals surface area contributed by atoms with Crippen LogP contribution in [0.25, 0.3) is 0 Å². The average Bonchev–Trinajstić information content (AvgIpc) is 2.94. The summed E-state index contributed by atoms with van der Waals surface area (Å²) in [6.07, 6.45) is 2.59. The Hall–Kier alpha value is -2.41. The van der Waals surface area contributed by atoms with Crippen LogP contribution in [-0.4, -0.2) is 77.4 Å². The van der Waals surface area contributed by atoms with Crippen LogP contribution in [0.15, 0.2) is 30.3 Å². The standard InChI is InChI=1S/C20H26N4O3/c1-22-13-9-20(10-14-22)18(26)24(19(27)21-20)16-7-11-23(12-8-16)17(25)15-5-3-2-4-6-15/h2-6,16H,7-14H2,1H3,(H,21,27). The Labute approximate surface area is 159 Å². The molecule has 3 fully saturated rings. The van der Waals surface area contributed by atoms with E-state index in [0.29, 0.717) is 44.3 Å². The third kappa shape index (κ3) is 3.20. The molecule has 3 saturated heterocycles. The number of imide groups is 1. The molecule has 0 aliphatic carbocycles. The molecule has 0 atom stereocenters. The zero-order valence-electron chi connectivity index (χ0n) is 15.7. The van der Waals surface area contributed by atoms with Crippen LogP contribution in [-0.2, 0) is 4.79 Å². The van der Waals surface area contributed by atoms with Crippen LogP contribution in [0.5, 0.6) is 0 Å². The fourth-order valence-corrected chi connectivity index (χ4v) is 4.40. The van der Waals surface area contributed by atoms with Crippen molar-refractivity contribution in [2.75, 3.05) is 33.2 Å². The number of urea groups is 1. The summed E-state index contributed by atoms with van der Waals surface area (Å²) in [7, 11) is 2.03. The van der Waals surface area contributed by atoms with Gasteiger partial charge in [0.05, 0.1) is 0 Å². The number of benzene rings is 1. The predicted octanol–water partition coefficient (Wildman–Crippen LogP) is 1.31. The van der Waals surface area contributed by atoms with Gasteiger partial charge >= 0.3 is 6.03 Å². The van der Waals surface area contributed by atoms with Crippen molar-refractivity contribution in [3.05, 3.63) is 35.9 Å². The Morgan fingerprint density at radius 3 is 2.30 bits per heavy atom. The van der Waals surface area contributed by atoms with Crippen LogP contribution < -0.4 is 5.32 Å². The third-order valence-corrected chi connectivity index (χ3v) is 6.17. The van der Waals surface area contributed by atoms with E-state index in [1.54, 1.807) is 0 Å². The second kappa shape index (κ2) is 6.96. The van der Waals surface area contributed by atoms with Crippen LogP contribution in [0, 0.1) is 0 Å². The average molecular weight is 370 g/mol. The largest absolute Gasteiger partial charge is 0.338 e. The summed E-state index contributed by atoms with van der Waals surface area (Å²) in [4.78, 5) is 43.7. The molecule has 4 amide bonds. The van der Waals surface area contributed by atoms with Crippen LogP contribution >= 0.6 is 0 Å². The lowest BCUT2D eigenvalue weighted by Crippen LogP contribution is -2.55. The number of amides is 4. The molecule has 0 unspecified atom stereocenters. The summed E-state index contributed by atoms with van der Waals surface area (Å²) in [5.74, 6) is -0.0635. The second-order valence-electron chi connectivity index (χ2n) is 7.88. The molecule has 0 bridgehead atoms. The van der Waals surface area contributed by atoms with Crippen LogP contribution in [0.1, 0.15) is 36.0 Å². The highest BCUT2D eigenvalue weighted by molar-refractivity contribution is 6.07. The van der Waals surface area contributed by atoms with E-state index in [1.807, 2.05) is 42.3 Å². The second-order valence-corrected chi connectivity index (χ2v) is 7.88. The first-order valence-corrected chi connectivity index (χ1v) is 9.69. The highest BCUT2D eigenvalue weighted by atomic mass is 16.2. The molecule has 4 rings (SSSR count). The molecule has 1 aromatic carbocycles. The van der Waals surface area contributed by atoms with Crippen molar-refractivity contribution in [3.63, 3.8) is 0 Å². The topological polar surface area (TPSA) is 73.0 Å². The van der Waals surface area contributed by atoms with Crippen molar-refractivity contribution in [2.24, 2.45) is 0 Å². The fraction of sp³-hybridized carbons (Fsp3) is 0.550. The van der Waals surface area contributed by atoms with Crippen LogP contribution in [0.2, 0.25) is 0 Å². The van der Waals surface area contributed by atoms with Gasteiger partial charge < -0.3 is 15.1 Å². The Bertz CT molecular complexity index is 735. The van der Waals surface area contributed by atoms with E-state index in [9.17, 15) is 14.4 Å². The molecule has 0 radical (unpaired) electrons. The molecule has 1 aromatic rings. The minimum absolute atomic E-state index is 0.0121.